The molecule has 0 aliphatic carbocycles. The molecule has 2 aromatic carbocycles. The third-order valence-electron chi connectivity index (χ3n) is 4.22. The third-order valence-corrected chi connectivity index (χ3v) is 4.53. The van der Waals surface area contributed by atoms with E-state index in [1.165, 1.54) is 18.3 Å². The molecule has 2 aromatic heterocycles. The summed E-state index contributed by atoms with van der Waals surface area (Å²) in [6.45, 7) is 0.528. The van der Waals surface area contributed by atoms with Crippen molar-refractivity contribution >= 4 is 23.2 Å². The van der Waals surface area contributed by atoms with Crippen molar-refractivity contribution in [3.8, 4) is 5.75 Å². The number of hydrogen-bond donors (Lipinski definition) is 1. The highest BCUT2D eigenvalue weighted by atomic mass is 35.5. The van der Waals surface area contributed by atoms with E-state index in [0.717, 1.165) is 5.56 Å². The summed E-state index contributed by atoms with van der Waals surface area (Å²) in [5, 5.41) is 7.40. The second kappa shape index (κ2) is 8.84. The Balaban J connectivity index is 1.34. The SMILES string of the molecule is O=C(Nc1cnn(Cc2cccc(F)c2)c1)c1ccc(COc2ccccc2Cl)o1. The van der Waals surface area contributed by atoms with Crippen LogP contribution in [0.2, 0.25) is 5.02 Å². The molecular formula is C22H17ClFN3O3. The summed E-state index contributed by atoms with van der Waals surface area (Å²) in [6, 6.07) is 16.6. The molecule has 6 nitrogen and oxygen atoms in total. The first-order valence-electron chi connectivity index (χ1n) is 9.11. The van der Waals surface area contributed by atoms with Crippen molar-refractivity contribution in [1.82, 2.24) is 9.78 Å². The van der Waals surface area contributed by atoms with Gasteiger partial charge in [-0.15, -0.1) is 0 Å². The maximum Gasteiger partial charge on any atom is 0.291 e. The predicted octanol–water partition coefficient (Wildman–Crippen LogP) is 5.15. The van der Waals surface area contributed by atoms with Gasteiger partial charge in [-0.05, 0) is 42.0 Å². The van der Waals surface area contributed by atoms with Crippen LogP contribution in [0, 0.1) is 5.82 Å². The van der Waals surface area contributed by atoms with Gasteiger partial charge in [0.15, 0.2) is 5.76 Å². The van der Waals surface area contributed by atoms with Gasteiger partial charge in [0, 0.05) is 6.20 Å². The van der Waals surface area contributed by atoms with Crippen molar-refractivity contribution in [2.45, 2.75) is 13.2 Å². The number of furan rings is 1. The first kappa shape index (κ1) is 19.7. The Morgan fingerprint density at radius 2 is 2.03 bits per heavy atom. The lowest BCUT2D eigenvalue weighted by molar-refractivity contribution is 0.0992. The minimum Gasteiger partial charge on any atom is -0.484 e. The number of anilines is 1. The fraction of sp³-hybridized carbons (Fsp3) is 0.0909. The van der Waals surface area contributed by atoms with Crippen molar-refractivity contribution < 1.29 is 18.3 Å². The van der Waals surface area contributed by atoms with Gasteiger partial charge in [0.2, 0.25) is 0 Å². The molecule has 4 rings (SSSR count). The highest BCUT2D eigenvalue weighted by molar-refractivity contribution is 6.32. The maximum atomic E-state index is 13.3. The van der Waals surface area contributed by atoms with Crippen LogP contribution in [0.15, 0.2) is 77.5 Å². The smallest absolute Gasteiger partial charge is 0.291 e. The van der Waals surface area contributed by atoms with Crippen LogP contribution in [0.5, 0.6) is 5.75 Å². The largest absolute Gasteiger partial charge is 0.484 e. The Morgan fingerprint density at radius 3 is 2.87 bits per heavy atom. The van der Waals surface area contributed by atoms with Crippen LogP contribution < -0.4 is 10.1 Å². The van der Waals surface area contributed by atoms with Crippen molar-refractivity contribution in [3.63, 3.8) is 0 Å². The molecule has 8 heteroatoms. The molecule has 2 heterocycles. The van der Waals surface area contributed by atoms with Crippen molar-refractivity contribution in [3.05, 3.63) is 101 Å². The van der Waals surface area contributed by atoms with E-state index in [1.54, 1.807) is 47.3 Å². The summed E-state index contributed by atoms with van der Waals surface area (Å²) in [6.07, 6.45) is 3.18. The van der Waals surface area contributed by atoms with E-state index in [0.29, 0.717) is 28.8 Å². The van der Waals surface area contributed by atoms with Gasteiger partial charge < -0.3 is 14.5 Å². The van der Waals surface area contributed by atoms with Gasteiger partial charge in [-0.3, -0.25) is 9.48 Å². The number of aromatic nitrogens is 2. The Labute approximate surface area is 176 Å². The number of nitrogens with zero attached hydrogens (tertiary/aromatic N) is 2. The molecule has 152 valence electrons. The first-order valence-corrected chi connectivity index (χ1v) is 9.49. The molecule has 4 aromatic rings. The quantitative estimate of drug-likeness (QED) is 0.444. The second-order valence-electron chi connectivity index (χ2n) is 6.50. The number of carbonyl (C=O) groups is 1. The summed E-state index contributed by atoms with van der Waals surface area (Å²) < 4.78 is 26.1. The van der Waals surface area contributed by atoms with Crippen LogP contribution in [0.25, 0.3) is 0 Å². The second-order valence-corrected chi connectivity index (χ2v) is 6.90. The number of halogens is 2. The summed E-state index contributed by atoms with van der Waals surface area (Å²) in [5.41, 5.74) is 1.27. The molecule has 0 saturated carbocycles. The van der Waals surface area contributed by atoms with Gasteiger partial charge >= 0.3 is 0 Å². The summed E-state index contributed by atoms with van der Waals surface area (Å²) in [4.78, 5) is 12.4. The average Bonchev–Trinajstić information content (AvgIpc) is 3.37. The number of amides is 1. The average molecular weight is 426 g/mol. The fourth-order valence-electron chi connectivity index (χ4n) is 2.82. The normalized spacial score (nSPS) is 10.7. The Bertz CT molecular complexity index is 1170. The molecule has 1 N–H and O–H groups in total. The van der Waals surface area contributed by atoms with Crippen LogP contribution in [0.1, 0.15) is 21.9 Å². The van der Waals surface area contributed by atoms with E-state index in [-0.39, 0.29) is 18.2 Å². The van der Waals surface area contributed by atoms with E-state index < -0.39 is 5.91 Å². The molecule has 0 aliphatic heterocycles. The molecule has 0 atom stereocenters. The number of carbonyl (C=O) groups excluding carboxylic acids is 1. The molecule has 0 fully saturated rings. The van der Waals surface area contributed by atoms with Crippen molar-refractivity contribution in [1.29, 1.82) is 0 Å². The zero-order valence-electron chi connectivity index (χ0n) is 15.7. The van der Waals surface area contributed by atoms with Gasteiger partial charge in [0.05, 0.1) is 23.5 Å². The number of ether oxygens (including phenoxy) is 1. The zero-order valence-corrected chi connectivity index (χ0v) is 16.5. The molecule has 0 bridgehead atoms. The monoisotopic (exact) mass is 425 g/mol. The number of nitrogens with one attached hydrogen (secondary N) is 1. The summed E-state index contributed by atoms with van der Waals surface area (Å²) >= 11 is 6.05. The molecule has 0 radical (unpaired) electrons. The highest BCUT2D eigenvalue weighted by Gasteiger charge is 2.13. The van der Waals surface area contributed by atoms with E-state index in [1.807, 2.05) is 12.1 Å². The van der Waals surface area contributed by atoms with Gasteiger partial charge in [-0.2, -0.15) is 5.10 Å². The number of benzene rings is 2. The fourth-order valence-corrected chi connectivity index (χ4v) is 3.01. The van der Waals surface area contributed by atoms with Gasteiger partial charge in [0.1, 0.15) is 23.9 Å². The van der Waals surface area contributed by atoms with E-state index in [4.69, 9.17) is 20.8 Å². The third kappa shape index (κ3) is 4.87. The lowest BCUT2D eigenvalue weighted by Gasteiger charge is -2.05. The Hall–Kier alpha value is -3.58. The lowest BCUT2D eigenvalue weighted by Crippen LogP contribution is -2.10. The topological polar surface area (TPSA) is 69.3 Å². The molecule has 0 spiro atoms. The molecule has 0 saturated heterocycles. The van der Waals surface area contributed by atoms with Crippen LogP contribution in [-0.2, 0) is 13.2 Å². The van der Waals surface area contributed by atoms with Crippen LogP contribution in [0.4, 0.5) is 10.1 Å². The van der Waals surface area contributed by atoms with E-state index in [2.05, 4.69) is 10.4 Å². The molecule has 30 heavy (non-hydrogen) atoms. The van der Waals surface area contributed by atoms with Gasteiger partial charge in [-0.1, -0.05) is 35.9 Å². The van der Waals surface area contributed by atoms with Gasteiger partial charge in [0.25, 0.3) is 5.91 Å². The predicted molar refractivity (Wildman–Crippen MR) is 110 cm³/mol. The lowest BCUT2D eigenvalue weighted by atomic mass is 10.2. The number of rotatable bonds is 7. The molecule has 0 aliphatic rings. The number of hydrogen-bond acceptors (Lipinski definition) is 4. The van der Waals surface area contributed by atoms with Crippen LogP contribution in [0.3, 0.4) is 0 Å². The van der Waals surface area contributed by atoms with Gasteiger partial charge in [-0.25, -0.2) is 4.39 Å². The Morgan fingerprint density at radius 1 is 1.17 bits per heavy atom. The molecular weight excluding hydrogens is 409 g/mol. The van der Waals surface area contributed by atoms with Crippen molar-refractivity contribution in [2.75, 3.05) is 5.32 Å². The van der Waals surface area contributed by atoms with Crippen LogP contribution in [-0.4, -0.2) is 15.7 Å². The van der Waals surface area contributed by atoms with Crippen molar-refractivity contribution in [2.24, 2.45) is 0 Å². The highest BCUT2D eigenvalue weighted by Crippen LogP contribution is 2.24. The standard InChI is InChI=1S/C22H17ClFN3O3/c23-19-6-1-2-7-20(19)29-14-18-8-9-21(30-18)22(28)26-17-11-25-27(13-17)12-15-4-3-5-16(24)10-15/h1-11,13H,12,14H2,(H,26,28). The first-order chi connectivity index (χ1) is 14.6. The summed E-state index contributed by atoms with van der Waals surface area (Å²) in [5.74, 6) is 0.449. The van der Waals surface area contributed by atoms with Crippen LogP contribution >= 0.6 is 11.6 Å². The summed E-state index contributed by atoms with van der Waals surface area (Å²) in [7, 11) is 0. The number of para-hydroxylation sites is 1. The minimum atomic E-state index is -0.413. The van der Waals surface area contributed by atoms with E-state index >= 15 is 0 Å². The maximum absolute atomic E-state index is 13.3. The molecule has 1 amide bonds. The Kier molecular flexibility index (Phi) is 5.81. The van der Waals surface area contributed by atoms with E-state index in [9.17, 15) is 9.18 Å². The molecule has 0 unspecified atom stereocenters. The zero-order chi connectivity index (χ0) is 20.9. The minimum absolute atomic E-state index is 0.141.